The van der Waals surface area contributed by atoms with Gasteiger partial charge in [-0.25, -0.2) is 0 Å². The number of hydrogen-bond donors (Lipinski definition) is 1. The van der Waals surface area contributed by atoms with Gasteiger partial charge in [-0.15, -0.1) is 0 Å². The molecule has 0 bridgehead atoms. The van der Waals surface area contributed by atoms with Crippen LogP contribution in [0.4, 0.5) is 13.2 Å². The number of ether oxygens (including phenoxy) is 1. The molecule has 2 aromatic carbocycles. The van der Waals surface area contributed by atoms with Crippen LogP contribution in [-0.2, 0) is 6.18 Å². The summed E-state index contributed by atoms with van der Waals surface area (Å²) in [6, 6.07) is 13.7. The molecule has 8 nitrogen and oxygen atoms in total. The number of halogens is 3. The molecular formula is C23H18F3N5O3. The minimum absolute atomic E-state index is 0.0703. The van der Waals surface area contributed by atoms with Gasteiger partial charge >= 0.3 is 6.18 Å². The number of alkyl halides is 3. The molecule has 1 aliphatic rings. The molecule has 0 saturated carbocycles. The van der Waals surface area contributed by atoms with Crippen LogP contribution in [0.2, 0.25) is 0 Å². The summed E-state index contributed by atoms with van der Waals surface area (Å²) < 4.78 is 49.5. The fraction of sp³-hybridized carbons (Fsp3) is 0.217. The lowest BCUT2D eigenvalue weighted by molar-refractivity contribution is -0.137. The number of amides is 1. The molecule has 1 amide bonds. The number of nitrogens with zero attached hydrogens (tertiary/aromatic N) is 4. The molecule has 1 saturated heterocycles. The summed E-state index contributed by atoms with van der Waals surface area (Å²) >= 11 is 0. The van der Waals surface area contributed by atoms with Crippen LogP contribution < -0.4 is 4.74 Å². The maximum Gasteiger partial charge on any atom is 0.416 e. The molecule has 0 aliphatic carbocycles. The van der Waals surface area contributed by atoms with Crippen molar-refractivity contribution < 1.29 is 27.2 Å². The third-order valence-corrected chi connectivity index (χ3v) is 5.60. The van der Waals surface area contributed by atoms with E-state index >= 15 is 0 Å². The number of benzene rings is 2. The van der Waals surface area contributed by atoms with Crippen molar-refractivity contribution >= 4 is 5.91 Å². The zero-order valence-corrected chi connectivity index (χ0v) is 17.8. The van der Waals surface area contributed by atoms with E-state index < -0.39 is 11.7 Å². The minimum atomic E-state index is -4.46. The predicted molar refractivity (Wildman–Crippen MR) is 114 cm³/mol. The van der Waals surface area contributed by atoms with Crippen molar-refractivity contribution in [3.05, 3.63) is 71.7 Å². The van der Waals surface area contributed by atoms with Crippen LogP contribution >= 0.6 is 0 Å². The second kappa shape index (κ2) is 8.32. The van der Waals surface area contributed by atoms with E-state index in [1.807, 2.05) is 24.3 Å². The van der Waals surface area contributed by atoms with E-state index in [0.29, 0.717) is 30.2 Å². The van der Waals surface area contributed by atoms with Gasteiger partial charge in [0.1, 0.15) is 11.4 Å². The lowest BCUT2D eigenvalue weighted by atomic mass is 9.99. The highest BCUT2D eigenvalue weighted by Crippen LogP contribution is 2.33. The normalized spacial score (nSPS) is 14.2. The number of aromatic nitrogens is 4. The second-order valence-electron chi connectivity index (χ2n) is 7.81. The van der Waals surface area contributed by atoms with Gasteiger partial charge in [0.05, 0.1) is 24.3 Å². The summed E-state index contributed by atoms with van der Waals surface area (Å²) in [6.45, 7) is 0.679. The number of carbonyl (C=O) groups is 1. The van der Waals surface area contributed by atoms with Gasteiger partial charge in [0.15, 0.2) is 0 Å². The molecule has 0 spiro atoms. The average molecular weight is 469 g/mol. The number of likely N-dealkylation sites (tertiary alicyclic amines) is 1. The van der Waals surface area contributed by atoms with Gasteiger partial charge in [-0.3, -0.25) is 9.89 Å². The van der Waals surface area contributed by atoms with Gasteiger partial charge in [-0.05, 0) is 30.3 Å². The van der Waals surface area contributed by atoms with Crippen LogP contribution in [0.5, 0.6) is 5.75 Å². The Morgan fingerprint density at radius 3 is 2.71 bits per heavy atom. The van der Waals surface area contributed by atoms with Crippen molar-refractivity contribution in [3.63, 3.8) is 0 Å². The molecule has 1 fully saturated rings. The zero-order valence-electron chi connectivity index (χ0n) is 17.8. The molecule has 3 heterocycles. The molecule has 5 rings (SSSR count). The molecule has 0 radical (unpaired) electrons. The highest BCUT2D eigenvalue weighted by atomic mass is 19.4. The van der Waals surface area contributed by atoms with Crippen LogP contribution in [-0.4, -0.2) is 51.3 Å². The molecule has 0 unspecified atom stereocenters. The summed E-state index contributed by atoms with van der Waals surface area (Å²) in [6.07, 6.45) is -4.46. The third-order valence-electron chi connectivity index (χ3n) is 5.60. The first-order chi connectivity index (χ1) is 16.3. The number of rotatable bonds is 5. The van der Waals surface area contributed by atoms with Crippen LogP contribution in [0.25, 0.3) is 22.6 Å². The summed E-state index contributed by atoms with van der Waals surface area (Å²) in [5.41, 5.74) is 1.09. The number of para-hydroxylation sites is 1. The fourth-order valence-corrected chi connectivity index (χ4v) is 3.75. The summed E-state index contributed by atoms with van der Waals surface area (Å²) in [4.78, 5) is 18.6. The maximum atomic E-state index is 13.0. The van der Waals surface area contributed by atoms with Gasteiger partial charge in [-0.1, -0.05) is 29.4 Å². The van der Waals surface area contributed by atoms with Crippen molar-refractivity contribution in [1.29, 1.82) is 0 Å². The number of aromatic amines is 1. The average Bonchev–Trinajstić information content (AvgIpc) is 3.48. The van der Waals surface area contributed by atoms with E-state index in [1.165, 1.54) is 12.1 Å². The van der Waals surface area contributed by atoms with Gasteiger partial charge in [0.2, 0.25) is 11.7 Å². The smallest absolute Gasteiger partial charge is 0.416 e. The highest BCUT2D eigenvalue weighted by Gasteiger charge is 2.37. The molecule has 34 heavy (non-hydrogen) atoms. The molecule has 2 aromatic heterocycles. The Kier molecular flexibility index (Phi) is 5.31. The second-order valence-corrected chi connectivity index (χ2v) is 7.81. The Labute approximate surface area is 191 Å². The van der Waals surface area contributed by atoms with Crippen molar-refractivity contribution in [2.45, 2.75) is 12.1 Å². The van der Waals surface area contributed by atoms with Gasteiger partial charge in [0.25, 0.3) is 5.91 Å². The Bertz CT molecular complexity index is 1340. The van der Waals surface area contributed by atoms with E-state index in [0.717, 1.165) is 17.7 Å². The molecule has 4 aromatic rings. The Balaban J connectivity index is 1.25. The number of H-pyrrole nitrogens is 1. The fourth-order valence-electron chi connectivity index (χ4n) is 3.75. The molecule has 0 atom stereocenters. The van der Waals surface area contributed by atoms with Crippen molar-refractivity contribution in [2.24, 2.45) is 0 Å². The van der Waals surface area contributed by atoms with Crippen molar-refractivity contribution in [3.8, 4) is 28.4 Å². The van der Waals surface area contributed by atoms with Gasteiger partial charge in [-0.2, -0.15) is 23.3 Å². The molecule has 1 N–H and O–H groups in total. The summed E-state index contributed by atoms with van der Waals surface area (Å²) in [5, 5.41) is 10.8. The Morgan fingerprint density at radius 2 is 1.94 bits per heavy atom. The van der Waals surface area contributed by atoms with Crippen molar-refractivity contribution in [2.75, 3.05) is 20.2 Å². The first kappa shape index (κ1) is 21.7. The first-order valence-electron chi connectivity index (χ1n) is 10.3. The van der Waals surface area contributed by atoms with Gasteiger partial charge in [0, 0.05) is 24.2 Å². The Hall–Kier alpha value is -4.15. The van der Waals surface area contributed by atoms with Crippen LogP contribution in [0.15, 0.2) is 59.1 Å². The van der Waals surface area contributed by atoms with E-state index in [4.69, 9.17) is 9.26 Å². The highest BCUT2D eigenvalue weighted by molar-refractivity contribution is 5.94. The maximum absolute atomic E-state index is 13.0. The molecular weight excluding hydrogens is 451 g/mol. The van der Waals surface area contributed by atoms with Crippen LogP contribution in [0.1, 0.15) is 27.9 Å². The standard InChI is InChI=1S/C23H18F3N5O3/c1-33-19-8-3-2-7-16(19)17-10-18(29-28-17)22(32)31-11-14(12-31)21-27-20(30-34-21)13-5-4-6-15(9-13)23(24,25)26/h2-10,14H,11-12H2,1H3,(H,28,29). The number of methoxy groups -OCH3 is 1. The lowest BCUT2D eigenvalue weighted by Crippen LogP contribution is -2.48. The number of carbonyl (C=O) groups excluding carboxylic acids is 1. The van der Waals surface area contributed by atoms with Crippen LogP contribution in [0, 0.1) is 0 Å². The van der Waals surface area contributed by atoms with E-state index in [9.17, 15) is 18.0 Å². The van der Waals surface area contributed by atoms with Gasteiger partial charge < -0.3 is 14.2 Å². The third kappa shape index (κ3) is 4.00. The van der Waals surface area contributed by atoms with E-state index in [1.54, 1.807) is 18.1 Å². The first-order valence-corrected chi connectivity index (χ1v) is 10.3. The topological polar surface area (TPSA) is 97.1 Å². The lowest BCUT2D eigenvalue weighted by Gasteiger charge is -2.36. The SMILES string of the molecule is COc1ccccc1-c1cc(C(=O)N2CC(c3nc(-c4cccc(C(F)(F)F)c4)no3)C2)[nH]n1. The monoisotopic (exact) mass is 469 g/mol. The Morgan fingerprint density at radius 1 is 1.15 bits per heavy atom. The quantitative estimate of drug-likeness (QED) is 0.466. The molecule has 1 aliphatic heterocycles. The minimum Gasteiger partial charge on any atom is -0.496 e. The van der Waals surface area contributed by atoms with E-state index in [2.05, 4.69) is 20.3 Å². The predicted octanol–water partition coefficient (Wildman–Crippen LogP) is 4.39. The zero-order chi connectivity index (χ0) is 23.9. The number of hydrogen-bond acceptors (Lipinski definition) is 6. The van der Waals surface area contributed by atoms with Crippen LogP contribution in [0.3, 0.4) is 0 Å². The molecule has 11 heteroatoms. The molecule has 174 valence electrons. The summed E-state index contributed by atoms with van der Waals surface area (Å²) in [5.74, 6) is 0.553. The largest absolute Gasteiger partial charge is 0.496 e. The van der Waals surface area contributed by atoms with E-state index in [-0.39, 0.29) is 29.1 Å². The number of nitrogens with one attached hydrogen (secondary N) is 1. The summed E-state index contributed by atoms with van der Waals surface area (Å²) in [7, 11) is 1.56. The van der Waals surface area contributed by atoms with Crippen molar-refractivity contribution in [1.82, 2.24) is 25.2 Å².